The van der Waals surface area contributed by atoms with E-state index < -0.39 is 0 Å². The fourth-order valence-electron chi connectivity index (χ4n) is 4.72. The summed E-state index contributed by atoms with van der Waals surface area (Å²) in [6.45, 7) is 7.19. The Hall–Kier alpha value is -2.00. The SMILES string of the molecule is CCCCCCCOc1ccc2c(c1)C1(CCN(Cc3ccccc3)CC1)CO2. The van der Waals surface area contributed by atoms with Gasteiger partial charge in [-0.05, 0) is 56.1 Å². The minimum absolute atomic E-state index is 0.170. The molecule has 156 valence electrons. The molecule has 0 bridgehead atoms. The van der Waals surface area contributed by atoms with Crippen LogP contribution in [0.25, 0.3) is 0 Å². The van der Waals surface area contributed by atoms with Gasteiger partial charge in [-0.15, -0.1) is 0 Å². The Bertz CT molecular complexity index is 766. The van der Waals surface area contributed by atoms with Crippen LogP contribution in [-0.4, -0.2) is 31.2 Å². The molecule has 29 heavy (non-hydrogen) atoms. The molecule has 0 saturated carbocycles. The molecule has 0 N–H and O–H groups in total. The summed E-state index contributed by atoms with van der Waals surface area (Å²) in [6.07, 6.45) is 8.67. The van der Waals surface area contributed by atoms with Gasteiger partial charge in [0.15, 0.2) is 0 Å². The number of fused-ring (bicyclic) bond motifs is 2. The number of likely N-dealkylation sites (tertiary alicyclic amines) is 1. The summed E-state index contributed by atoms with van der Waals surface area (Å²) in [5, 5.41) is 0. The predicted molar refractivity (Wildman–Crippen MR) is 119 cm³/mol. The lowest BCUT2D eigenvalue weighted by Crippen LogP contribution is -2.43. The van der Waals surface area contributed by atoms with E-state index in [2.05, 4.69) is 60.4 Å². The lowest BCUT2D eigenvalue weighted by atomic mass is 9.74. The van der Waals surface area contributed by atoms with Crippen molar-refractivity contribution in [1.29, 1.82) is 0 Å². The Morgan fingerprint density at radius 1 is 0.966 bits per heavy atom. The lowest BCUT2D eigenvalue weighted by Gasteiger charge is -2.38. The van der Waals surface area contributed by atoms with E-state index in [9.17, 15) is 0 Å². The summed E-state index contributed by atoms with van der Waals surface area (Å²) in [4.78, 5) is 2.58. The quantitative estimate of drug-likeness (QED) is 0.491. The number of hydrogen-bond donors (Lipinski definition) is 0. The van der Waals surface area contributed by atoms with Crippen molar-refractivity contribution in [1.82, 2.24) is 4.90 Å². The van der Waals surface area contributed by atoms with Crippen LogP contribution in [0.1, 0.15) is 63.0 Å². The maximum Gasteiger partial charge on any atom is 0.123 e. The zero-order valence-corrected chi connectivity index (χ0v) is 17.9. The van der Waals surface area contributed by atoms with Crippen LogP contribution in [0.2, 0.25) is 0 Å². The van der Waals surface area contributed by atoms with Gasteiger partial charge in [-0.25, -0.2) is 0 Å². The first-order valence-electron chi connectivity index (χ1n) is 11.5. The zero-order chi connectivity index (χ0) is 19.9. The normalized spacial score (nSPS) is 17.8. The van der Waals surface area contributed by atoms with E-state index in [1.165, 1.54) is 36.8 Å². The second-order valence-corrected chi connectivity index (χ2v) is 8.75. The molecule has 4 rings (SSSR count). The molecule has 3 heteroatoms. The van der Waals surface area contributed by atoms with E-state index in [0.29, 0.717) is 0 Å². The van der Waals surface area contributed by atoms with E-state index in [-0.39, 0.29) is 5.41 Å². The van der Waals surface area contributed by atoms with Crippen molar-refractivity contribution in [2.24, 2.45) is 0 Å². The first-order valence-corrected chi connectivity index (χ1v) is 11.5. The van der Waals surface area contributed by atoms with Gasteiger partial charge in [0, 0.05) is 17.5 Å². The molecular weight excluding hydrogens is 358 g/mol. The first kappa shape index (κ1) is 20.3. The minimum atomic E-state index is 0.170. The van der Waals surface area contributed by atoms with Crippen LogP contribution >= 0.6 is 0 Å². The van der Waals surface area contributed by atoms with Crippen LogP contribution in [0, 0.1) is 0 Å². The predicted octanol–water partition coefficient (Wildman–Crippen LogP) is 5.96. The number of nitrogens with zero attached hydrogens (tertiary/aromatic N) is 1. The third kappa shape index (κ3) is 4.95. The van der Waals surface area contributed by atoms with Gasteiger partial charge in [-0.2, -0.15) is 0 Å². The number of rotatable bonds is 9. The molecule has 0 radical (unpaired) electrons. The summed E-state index contributed by atoms with van der Waals surface area (Å²) >= 11 is 0. The van der Waals surface area contributed by atoms with Crippen molar-refractivity contribution >= 4 is 0 Å². The Morgan fingerprint density at radius 3 is 2.55 bits per heavy atom. The van der Waals surface area contributed by atoms with Gasteiger partial charge in [0.1, 0.15) is 11.5 Å². The number of benzene rings is 2. The lowest BCUT2D eigenvalue weighted by molar-refractivity contribution is 0.130. The largest absolute Gasteiger partial charge is 0.494 e. The maximum atomic E-state index is 6.10. The molecule has 3 nitrogen and oxygen atoms in total. The molecule has 0 aliphatic carbocycles. The van der Waals surface area contributed by atoms with Gasteiger partial charge in [0.05, 0.1) is 13.2 Å². The molecule has 2 aliphatic heterocycles. The van der Waals surface area contributed by atoms with Crippen LogP contribution in [-0.2, 0) is 12.0 Å². The monoisotopic (exact) mass is 393 g/mol. The molecule has 2 aliphatic rings. The van der Waals surface area contributed by atoms with Crippen LogP contribution in [0.3, 0.4) is 0 Å². The van der Waals surface area contributed by atoms with Crippen molar-refractivity contribution in [2.75, 3.05) is 26.3 Å². The maximum absolute atomic E-state index is 6.10. The van der Waals surface area contributed by atoms with E-state index >= 15 is 0 Å². The van der Waals surface area contributed by atoms with Crippen LogP contribution in [0.5, 0.6) is 11.5 Å². The summed E-state index contributed by atoms with van der Waals surface area (Å²) in [6, 6.07) is 17.3. The summed E-state index contributed by atoms with van der Waals surface area (Å²) in [5.41, 5.74) is 2.95. The Balaban J connectivity index is 1.33. The molecule has 0 amide bonds. The molecule has 2 aromatic rings. The van der Waals surface area contributed by atoms with Crippen molar-refractivity contribution in [2.45, 2.75) is 63.8 Å². The number of ether oxygens (including phenoxy) is 2. The highest BCUT2D eigenvalue weighted by Crippen LogP contribution is 2.46. The van der Waals surface area contributed by atoms with E-state index in [0.717, 1.165) is 63.6 Å². The van der Waals surface area contributed by atoms with Crippen molar-refractivity contribution in [3.05, 3.63) is 59.7 Å². The average Bonchev–Trinajstić information content (AvgIpc) is 3.11. The van der Waals surface area contributed by atoms with Gasteiger partial charge >= 0.3 is 0 Å². The van der Waals surface area contributed by atoms with Gasteiger partial charge in [-0.3, -0.25) is 4.90 Å². The van der Waals surface area contributed by atoms with E-state index in [1.54, 1.807) is 0 Å². The fourth-order valence-corrected chi connectivity index (χ4v) is 4.72. The van der Waals surface area contributed by atoms with Crippen molar-refractivity contribution in [3.8, 4) is 11.5 Å². The zero-order valence-electron chi connectivity index (χ0n) is 17.9. The van der Waals surface area contributed by atoms with Crippen LogP contribution in [0.15, 0.2) is 48.5 Å². The Kier molecular flexibility index (Phi) is 6.76. The van der Waals surface area contributed by atoms with Gasteiger partial charge in [0.25, 0.3) is 0 Å². The van der Waals surface area contributed by atoms with Crippen molar-refractivity contribution < 1.29 is 9.47 Å². The average molecular weight is 394 g/mol. The summed E-state index contributed by atoms with van der Waals surface area (Å²) in [5.74, 6) is 2.08. The topological polar surface area (TPSA) is 21.7 Å². The minimum Gasteiger partial charge on any atom is -0.494 e. The van der Waals surface area contributed by atoms with Gasteiger partial charge < -0.3 is 9.47 Å². The second-order valence-electron chi connectivity index (χ2n) is 8.75. The molecule has 2 heterocycles. The highest BCUT2D eigenvalue weighted by atomic mass is 16.5. The smallest absolute Gasteiger partial charge is 0.123 e. The molecule has 1 saturated heterocycles. The van der Waals surface area contributed by atoms with Crippen molar-refractivity contribution in [3.63, 3.8) is 0 Å². The highest BCUT2D eigenvalue weighted by molar-refractivity contribution is 5.48. The number of piperidine rings is 1. The summed E-state index contributed by atoms with van der Waals surface area (Å²) in [7, 11) is 0. The number of hydrogen-bond acceptors (Lipinski definition) is 3. The second kappa shape index (κ2) is 9.67. The molecule has 2 aromatic carbocycles. The Labute approximate surface area is 176 Å². The van der Waals surface area contributed by atoms with Gasteiger partial charge in [-0.1, -0.05) is 62.9 Å². The standard InChI is InChI=1S/C26H35NO2/c1-2-3-4-5-9-18-28-23-12-13-25-24(19-23)26(21-29-25)14-16-27(17-15-26)20-22-10-7-6-8-11-22/h6-8,10-13,19H,2-5,9,14-18,20-21H2,1H3. The molecular formula is C26H35NO2. The number of unbranched alkanes of at least 4 members (excludes halogenated alkanes) is 4. The van der Waals surface area contributed by atoms with Crippen LogP contribution < -0.4 is 9.47 Å². The molecule has 0 unspecified atom stereocenters. The highest BCUT2D eigenvalue weighted by Gasteiger charge is 2.43. The fraction of sp³-hybridized carbons (Fsp3) is 0.538. The summed E-state index contributed by atoms with van der Waals surface area (Å²) < 4.78 is 12.2. The molecule has 0 aromatic heterocycles. The van der Waals surface area contributed by atoms with E-state index in [4.69, 9.17) is 9.47 Å². The molecule has 1 fully saturated rings. The Morgan fingerprint density at radius 2 is 1.76 bits per heavy atom. The molecule has 0 atom stereocenters. The van der Waals surface area contributed by atoms with E-state index in [1.807, 2.05) is 0 Å². The molecule has 1 spiro atoms. The third-order valence-corrected chi connectivity index (χ3v) is 6.61. The van der Waals surface area contributed by atoms with Crippen LogP contribution in [0.4, 0.5) is 0 Å². The van der Waals surface area contributed by atoms with Gasteiger partial charge in [0.2, 0.25) is 0 Å². The first-order chi connectivity index (χ1) is 14.3. The third-order valence-electron chi connectivity index (χ3n) is 6.61.